The molecule has 0 spiro atoms. The topological polar surface area (TPSA) is 52.7 Å². The quantitative estimate of drug-likeness (QED) is 0.861. The molecule has 1 aliphatic rings. The highest BCUT2D eigenvalue weighted by atomic mass is 16.2. The van der Waals surface area contributed by atoms with Crippen LogP contribution in [0.2, 0.25) is 0 Å². The fourth-order valence-corrected chi connectivity index (χ4v) is 2.64. The maximum Gasteiger partial charge on any atom is 0.225 e. The summed E-state index contributed by atoms with van der Waals surface area (Å²) in [6.45, 7) is 4.00. The van der Waals surface area contributed by atoms with E-state index >= 15 is 0 Å². The van der Waals surface area contributed by atoms with Gasteiger partial charge >= 0.3 is 0 Å². The molecule has 2 unspecified atom stereocenters. The number of benzene rings is 1. The lowest BCUT2D eigenvalue weighted by Crippen LogP contribution is -2.36. The second-order valence-corrected chi connectivity index (χ2v) is 6.19. The number of carbonyl (C=O) groups excluding carboxylic acids is 2. The van der Waals surface area contributed by atoms with Crippen molar-refractivity contribution in [3.63, 3.8) is 0 Å². The Morgan fingerprint density at radius 1 is 1.36 bits per heavy atom. The van der Waals surface area contributed by atoms with E-state index in [9.17, 15) is 9.59 Å². The number of carbonyl (C=O) groups is 2. The molecule has 120 valence electrons. The highest BCUT2D eigenvalue weighted by Gasteiger charge is 2.34. The zero-order chi connectivity index (χ0) is 16.1. The minimum absolute atomic E-state index is 0.0305. The molecule has 1 N–H and O–H groups in total. The molecule has 0 aliphatic carbocycles. The number of amides is 2. The van der Waals surface area contributed by atoms with Gasteiger partial charge in [0.2, 0.25) is 11.8 Å². The van der Waals surface area contributed by atoms with Gasteiger partial charge in [0.1, 0.15) is 0 Å². The van der Waals surface area contributed by atoms with Crippen LogP contribution < -0.4 is 5.32 Å². The third-order valence-electron chi connectivity index (χ3n) is 4.06. The van der Waals surface area contributed by atoms with E-state index in [1.54, 1.807) is 4.90 Å². The molecule has 0 bridgehead atoms. The number of likely N-dealkylation sites (tertiary alicyclic amines) is 1. The molecule has 1 saturated heterocycles. The van der Waals surface area contributed by atoms with Crippen molar-refractivity contribution in [1.29, 1.82) is 0 Å². The van der Waals surface area contributed by atoms with Crippen molar-refractivity contribution in [2.45, 2.75) is 19.4 Å². The molecule has 0 aromatic heterocycles. The summed E-state index contributed by atoms with van der Waals surface area (Å²) in [6, 6.07) is 9.82. The Labute approximate surface area is 132 Å². The fourth-order valence-electron chi connectivity index (χ4n) is 2.64. The molecule has 1 aliphatic heterocycles. The van der Waals surface area contributed by atoms with Crippen LogP contribution in [0.4, 0.5) is 0 Å². The van der Waals surface area contributed by atoms with Gasteiger partial charge in [-0.05, 0) is 26.6 Å². The number of hydrogen-bond donors (Lipinski definition) is 1. The first-order chi connectivity index (χ1) is 10.5. The van der Waals surface area contributed by atoms with Gasteiger partial charge in [-0.15, -0.1) is 0 Å². The maximum absolute atomic E-state index is 12.4. The van der Waals surface area contributed by atoms with Gasteiger partial charge in [0.25, 0.3) is 0 Å². The highest BCUT2D eigenvalue weighted by Crippen LogP contribution is 2.19. The van der Waals surface area contributed by atoms with E-state index in [1.807, 2.05) is 56.3 Å². The SMILES string of the molecule is CC(NC(=O)C1CC(=O)N(CCN(C)C)C1)c1ccccc1. The first kappa shape index (κ1) is 16.5. The van der Waals surface area contributed by atoms with Crippen molar-refractivity contribution in [2.75, 3.05) is 33.7 Å². The summed E-state index contributed by atoms with van der Waals surface area (Å²) in [7, 11) is 3.96. The molecule has 5 nitrogen and oxygen atoms in total. The smallest absolute Gasteiger partial charge is 0.225 e. The van der Waals surface area contributed by atoms with Gasteiger partial charge in [-0.3, -0.25) is 9.59 Å². The third kappa shape index (κ3) is 4.31. The summed E-state index contributed by atoms with van der Waals surface area (Å²) >= 11 is 0. The fraction of sp³-hybridized carbons (Fsp3) is 0.529. The third-order valence-corrected chi connectivity index (χ3v) is 4.06. The molecule has 2 rings (SSSR count). The second-order valence-electron chi connectivity index (χ2n) is 6.19. The van der Waals surface area contributed by atoms with E-state index < -0.39 is 0 Å². The molecule has 22 heavy (non-hydrogen) atoms. The standard InChI is InChI=1S/C17H25N3O2/c1-13(14-7-5-4-6-8-14)18-17(22)15-11-16(21)20(12-15)10-9-19(2)3/h4-8,13,15H,9-12H2,1-3H3,(H,18,22). The largest absolute Gasteiger partial charge is 0.349 e. The lowest BCUT2D eigenvalue weighted by atomic mass is 10.1. The van der Waals surface area contributed by atoms with Gasteiger partial charge in [-0.25, -0.2) is 0 Å². The van der Waals surface area contributed by atoms with E-state index in [2.05, 4.69) is 5.32 Å². The lowest BCUT2D eigenvalue weighted by Gasteiger charge is -2.20. The van der Waals surface area contributed by atoms with Gasteiger partial charge in [-0.2, -0.15) is 0 Å². The molecule has 0 radical (unpaired) electrons. The molecular weight excluding hydrogens is 278 g/mol. The molecule has 5 heteroatoms. The first-order valence-corrected chi connectivity index (χ1v) is 7.75. The lowest BCUT2D eigenvalue weighted by molar-refractivity contribution is -0.129. The average Bonchev–Trinajstić information content (AvgIpc) is 2.87. The van der Waals surface area contributed by atoms with Crippen LogP contribution >= 0.6 is 0 Å². The Bertz CT molecular complexity index is 516. The van der Waals surface area contributed by atoms with Crippen molar-refractivity contribution in [2.24, 2.45) is 5.92 Å². The predicted octanol–water partition coefficient (Wildman–Crippen LogP) is 1.27. The number of rotatable bonds is 6. The van der Waals surface area contributed by atoms with Crippen LogP contribution in [0.3, 0.4) is 0 Å². The highest BCUT2D eigenvalue weighted by molar-refractivity contribution is 5.89. The van der Waals surface area contributed by atoms with Crippen LogP contribution in [-0.2, 0) is 9.59 Å². The minimum Gasteiger partial charge on any atom is -0.349 e. The Balaban J connectivity index is 1.87. The van der Waals surface area contributed by atoms with Gasteiger partial charge in [-0.1, -0.05) is 30.3 Å². The maximum atomic E-state index is 12.4. The van der Waals surface area contributed by atoms with Gasteiger partial charge in [0, 0.05) is 26.1 Å². The van der Waals surface area contributed by atoms with Crippen molar-refractivity contribution in [1.82, 2.24) is 15.1 Å². The Hall–Kier alpha value is -1.88. The van der Waals surface area contributed by atoms with Crippen LogP contribution in [0.25, 0.3) is 0 Å². The van der Waals surface area contributed by atoms with Crippen molar-refractivity contribution in [3.8, 4) is 0 Å². The van der Waals surface area contributed by atoms with Crippen LogP contribution in [0.1, 0.15) is 24.9 Å². The molecule has 2 amide bonds. The van der Waals surface area contributed by atoms with Crippen LogP contribution in [0.5, 0.6) is 0 Å². The number of hydrogen-bond acceptors (Lipinski definition) is 3. The number of likely N-dealkylation sites (N-methyl/N-ethyl adjacent to an activating group) is 1. The Morgan fingerprint density at radius 2 is 2.05 bits per heavy atom. The summed E-state index contributed by atoms with van der Waals surface area (Å²) in [6.07, 6.45) is 0.320. The molecule has 1 aromatic rings. The summed E-state index contributed by atoms with van der Waals surface area (Å²) in [5.41, 5.74) is 1.07. The summed E-state index contributed by atoms with van der Waals surface area (Å²) in [5, 5.41) is 3.02. The predicted molar refractivity (Wildman–Crippen MR) is 86.2 cm³/mol. The second kappa shape index (κ2) is 7.40. The molecule has 1 fully saturated rings. The number of nitrogens with zero attached hydrogens (tertiary/aromatic N) is 2. The molecule has 1 heterocycles. The molecule has 1 aromatic carbocycles. The molecular formula is C17H25N3O2. The van der Waals surface area contributed by atoms with Gasteiger partial charge in [0.05, 0.1) is 12.0 Å². The average molecular weight is 303 g/mol. The van der Waals surface area contributed by atoms with E-state index in [0.29, 0.717) is 19.5 Å². The van der Waals surface area contributed by atoms with E-state index in [4.69, 9.17) is 0 Å². The van der Waals surface area contributed by atoms with Gasteiger partial charge in [0.15, 0.2) is 0 Å². The zero-order valence-electron chi connectivity index (χ0n) is 13.6. The Kier molecular flexibility index (Phi) is 5.55. The normalized spacial score (nSPS) is 19.5. The van der Waals surface area contributed by atoms with Crippen LogP contribution in [0, 0.1) is 5.92 Å². The van der Waals surface area contributed by atoms with E-state index in [0.717, 1.165) is 12.1 Å². The summed E-state index contributed by atoms with van der Waals surface area (Å²) in [4.78, 5) is 28.2. The zero-order valence-corrected chi connectivity index (χ0v) is 13.6. The van der Waals surface area contributed by atoms with Crippen LogP contribution in [-0.4, -0.2) is 55.3 Å². The first-order valence-electron chi connectivity index (χ1n) is 7.75. The van der Waals surface area contributed by atoms with Crippen molar-refractivity contribution in [3.05, 3.63) is 35.9 Å². The van der Waals surface area contributed by atoms with Crippen molar-refractivity contribution < 1.29 is 9.59 Å². The van der Waals surface area contributed by atoms with E-state index in [-0.39, 0.29) is 23.8 Å². The van der Waals surface area contributed by atoms with Gasteiger partial charge < -0.3 is 15.1 Å². The van der Waals surface area contributed by atoms with E-state index in [1.165, 1.54) is 0 Å². The number of nitrogens with one attached hydrogen (secondary N) is 1. The summed E-state index contributed by atoms with van der Waals surface area (Å²) < 4.78 is 0. The summed E-state index contributed by atoms with van der Waals surface area (Å²) in [5.74, 6) is -0.188. The minimum atomic E-state index is -0.235. The molecule has 0 saturated carbocycles. The molecule has 2 atom stereocenters. The van der Waals surface area contributed by atoms with Crippen molar-refractivity contribution >= 4 is 11.8 Å². The van der Waals surface area contributed by atoms with Crippen LogP contribution in [0.15, 0.2) is 30.3 Å². The Morgan fingerprint density at radius 3 is 2.68 bits per heavy atom. The monoisotopic (exact) mass is 303 g/mol.